The van der Waals surface area contributed by atoms with Crippen molar-refractivity contribution in [2.45, 2.75) is 13.5 Å². The Balaban J connectivity index is 2.21. The molecule has 22 heavy (non-hydrogen) atoms. The minimum Gasteiger partial charge on any atom is -0.315 e. The smallest absolute Gasteiger partial charge is 0.279 e. The normalized spacial score (nSPS) is 12.0. The fraction of sp³-hybridized carbons (Fsp3) is 0.125. The molecule has 0 bridgehead atoms. The SMILES string of the molecule is CCn1c(=NC(=O)c2ccccc2)sc2cc(Cl)cc(Cl)c21. The first kappa shape index (κ1) is 15.3. The number of aryl methyl sites for hydroxylation is 1. The molecule has 3 aromatic rings. The van der Waals surface area contributed by atoms with Crippen molar-refractivity contribution in [1.29, 1.82) is 0 Å². The quantitative estimate of drug-likeness (QED) is 0.655. The number of amides is 1. The van der Waals surface area contributed by atoms with Crippen molar-refractivity contribution in [1.82, 2.24) is 4.57 Å². The maximum absolute atomic E-state index is 12.3. The third kappa shape index (κ3) is 2.82. The summed E-state index contributed by atoms with van der Waals surface area (Å²) >= 11 is 13.7. The first-order valence-electron chi connectivity index (χ1n) is 6.72. The first-order valence-corrected chi connectivity index (χ1v) is 8.30. The molecular formula is C16H12Cl2N2OS. The Hall–Kier alpha value is -1.62. The molecule has 0 radical (unpaired) electrons. The highest BCUT2D eigenvalue weighted by Gasteiger charge is 2.11. The van der Waals surface area contributed by atoms with Gasteiger partial charge in [0, 0.05) is 17.1 Å². The lowest BCUT2D eigenvalue weighted by Gasteiger charge is -2.02. The number of carbonyl (C=O) groups is 1. The van der Waals surface area contributed by atoms with Gasteiger partial charge in [-0.05, 0) is 31.2 Å². The Labute approximate surface area is 141 Å². The first-order chi connectivity index (χ1) is 10.6. The van der Waals surface area contributed by atoms with Crippen LogP contribution in [0.1, 0.15) is 17.3 Å². The van der Waals surface area contributed by atoms with Gasteiger partial charge in [-0.2, -0.15) is 4.99 Å². The Kier molecular flexibility index (Phi) is 4.34. The monoisotopic (exact) mass is 350 g/mol. The van der Waals surface area contributed by atoms with Crippen LogP contribution < -0.4 is 4.80 Å². The van der Waals surface area contributed by atoms with Crippen molar-refractivity contribution in [2.75, 3.05) is 0 Å². The largest absolute Gasteiger partial charge is 0.315 e. The van der Waals surface area contributed by atoms with Crippen molar-refractivity contribution in [3.8, 4) is 0 Å². The van der Waals surface area contributed by atoms with E-state index in [9.17, 15) is 4.79 Å². The molecule has 2 aromatic carbocycles. The minimum atomic E-state index is -0.267. The van der Waals surface area contributed by atoms with Crippen LogP contribution in [0, 0.1) is 0 Å². The van der Waals surface area contributed by atoms with E-state index in [0.717, 1.165) is 10.2 Å². The molecule has 0 N–H and O–H groups in total. The zero-order valence-corrected chi connectivity index (χ0v) is 14.0. The number of nitrogens with zero attached hydrogens (tertiary/aromatic N) is 2. The zero-order chi connectivity index (χ0) is 15.7. The number of fused-ring (bicyclic) bond motifs is 1. The molecule has 1 heterocycles. The highest BCUT2D eigenvalue weighted by molar-refractivity contribution is 7.16. The number of hydrogen-bond acceptors (Lipinski definition) is 2. The van der Waals surface area contributed by atoms with E-state index in [2.05, 4.69) is 4.99 Å². The molecule has 0 spiro atoms. The molecule has 0 atom stereocenters. The summed E-state index contributed by atoms with van der Waals surface area (Å²) in [6.07, 6.45) is 0. The lowest BCUT2D eigenvalue weighted by atomic mass is 10.2. The van der Waals surface area contributed by atoms with E-state index in [1.54, 1.807) is 18.2 Å². The summed E-state index contributed by atoms with van der Waals surface area (Å²) < 4.78 is 2.85. The molecule has 6 heteroatoms. The summed E-state index contributed by atoms with van der Waals surface area (Å²) in [5.41, 5.74) is 1.42. The van der Waals surface area contributed by atoms with Gasteiger partial charge in [0.2, 0.25) is 0 Å². The Morgan fingerprint density at radius 1 is 1.23 bits per heavy atom. The summed E-state index contributed by atoms with van der Waals surface area (Å²) in [5.74, 6) is -0.267. The van der Waals surface area contributed by atoms with Gasteiger partial charge in [0.15, 0.2) is 4.80 Å². The average Bonchev–Trinajstić information content (AvgIpc) is 2.85. The predicted molar refractivity (Wildman–Crippen MR) is 91.8 cm³/mol. The lowest BCUT2D eigenvalue weighted by Crippen LogP contribution is -2.16. The van der Waals surface area contributed by atoms with Gasteiger partial charge in [-0.15, -0.1) is 0 Å². The fourth-order valence-electron chi connectivity index (χ4n) is 2.24. The Morgan fingerprint density at radius 2 is 1.95 bits per heavy atom. The van der Waals surface area contributed by atoms with Gasteiger partial charge in [0.05, 0.1) is 15.2 Å². The second-order valence-corrected chi connectivity index (χ2v) is 6.50. The lowest BCUT2D eigenvalue weighted by molar-refractivity contribution is 0.0998. The van der Waals surface area contributed by atoms with Gasteiger partial charge < -0.3 is 4.57 Å². The van der Waals surface area contributed by atoms with Crippen LogP contribution in [0.5, 0.6) is 0 Å². The summed E-state index contributed by atoms with van der Waals surface area (Å²) in [6, 6.07) is 12.5. The maximum atomic E-state index is 12.3. The van der Waals surface area contributed by atoms with Gasteiger partial charge in [-0.3, -0.25) is 4.79 Å². The highest BCUT2D eigenvalue weighted by atomic mass is 35.5. The van der Waals surface area contributed by atoms with Gasteiger partial charge in [-0.25, -0.2) is 0 Å². The Morgan fingerprint density at radius 3 is 2.64 bits per heavy atom. The van der Waals surface area contributed by atoms with Gasteiger partial charge >= 0.3 is 0 Å². The van der Waals surface area contributed by atoms with Crippen LogP contribution in [-0.2, 0) is 6.54 Å². The van der Waals surface area contributed by atoms with Crippen molar-refractivity contribution < 1.29 is 4.79 Å². The molecule has 3 rings (SSSR count). The third-order valence-electron chi connectivity index (χ3n) is 3.23. The van der Waals surface area contributed by atoms with E-state index in [1.807, 2.05) is 35.8 Å². The van der Waals surface area contributed by atoms with Crippen molar-refractivity contribution in [3.63, 3.8) is 0 Å². The second-order valence-electron chi connectivity index (χ2n) is 4.65. The van der Waals surface area contributed by atoms with E-state index in [4.69, 9.17) is 23.2 Å². The van der Waals surface area contributed by atoms with E-state index in [1.165, 1.54) is 11.3 Å². The molecule has 0 aliphatic rings. The standard InChI is InChI=1S/C16H12Cl2N2OS/c1-2-20-14-12(18)8-11(17)9-13(14)22-16(20)19-15(21)10-6-4-3-5-7-10/h3-9H,2H2,1H3. The van der Waals surface area contributed by atoms with E-state index in [-0.39, 0.29) is 5.91 Å². The van der Waals surface area contributed by atoms with Crippen LogP contribution in [0.4, 0.5) is 0 Å². The van der Waals surface area contributed by atoms with Crippen LogP contribution in [0.2, 0.25) is 10.0 Å². The number of benzene rings is 2. The zero-order valence-electron chi connectivity index (χ0n) is 11.7. The molecule has 1 aromatic heterocycles. The minimum absolute atomic E-state index is 0.267. The van der Waals surface area contributed by atoms with E-state index in [0.29, 0.717) is 27.0 Å². The number of halogens is 2. The molecule has 1 amide bonds. The number of hydrogen-bond donors (Lipinski definition) is 0. The molecule has 3 nitrogen and oxygen atoms in total. The molecule has 0 saturated carbocycles. The van der Waals surface area contributed by atoms with Crippen LogP contribution in [0.3, 0.4) is 0 Å². The number of carbonyl (C=O) groups excluding carboxylic acids is 1. The second kappa shape index (κ2) is 6.24. The van der Waals surface area contributed by atoms with Gasteiger partial charge in [-0.1, -0.05) is 52.7 Å². The van der Waals surface area contributed by atoms with Crippen LogP contribution in [0.25, 0.3) is 10.2 Å². The maximum Gasteiger partial charge on any atom is 0.279 e. The van der Waals surface area contributed by atoms with Crippen LogP contribution in [-0.4, -0.2) is 10.5 Å². The predicted octanol–water partition coefficient (Wildman–Crippen LogP) is 4.77. The molecule has 0 aliphatic heterocycles. The van der Waals surface area contributed by atoms with E-state index < -0.39 is 0 Å². The Bertz CT molecular complexity index is 913. The molecule has 0 aliphatic carbocycles. The van der Waals surface area contributed by atoms with Gasteiger partial charge in [0.1, 0.15) is 0 Å². The summed E-state index contributed by atoms with van der Waals surface area (Å²) in [7, 11) is 0. The summed E-state index contributed by atoms with van der Waals surface area (Å²) in [5, 5.41) is 1.14. The fourth-order valence-corrected chi connectivity index (χ4v) is 4.11. The number of rotatable bonds is 2. The van der Waals surface area contributed by atoms with Crippen molar-refractivity contribution in [2.24, 2.45) is 4.99 Å². The van der Waals surface area contributed by atoms with Gasteiger partial charge in [0.25, 0.3) is 5.91 Å². The summed E-state index contributed by atoms with van der Waals surface area (Å²) in [4.78, 5) is 17.1. The van der Waals surface area contributed by atoms with Crippen molar-refractivity contribution >= 4 is 50.7 Å². The molecule has 0 unspecified atom stereocenters. The number of aromatic nitrogens is 1. The molecule has 0 saturated heterocycles. The average molecular weight is 351 g/mol. The molecule has 112 valence electrons. The highest BCUT2D eigenvalue weighted by Crippen LogP contribution is 2.29. The third-order valence-corrected chi connectivity index (χ3v) is 4.76. The molecule has 0 fully saturated rings. The summed E-state index contributed by atoms with van der Waals surface area (Å²) in [6.45, 7) is 2.66. The van der Waals surface area contributed by atoms with E-state index >= 15 is 0 Å². The number of thiazole rings is 1. The van der Waals surface area contributed by atoms with Crippen LogP contribution in [0.15, 0.2) is 47.5 Å². The van der Waals surface area contributed by atoms with Crippen LogP contribution >= 0.6 is 34.5 Å². The molecular weight excluding hydrogens is 339 g/mol. The topological polar surface area (TPSA) is 34.4 Å². The van der Waals surface area contributed by atoms with Crippen molar-refractivity contribution in [3.05, 3.63) is 62.9 Å².